The third-order valence-corrected chi connectivity index (χ3v) is 5.44. The molecule has 7 nitrogen and oxygen atoms in total. The molecule has 170 valence electrons. The quantitative estimate of drug-likeness (QED) is 0.309. The molecule has 4 rings (SSSR count). The van der Waals surface area contributed by atoms with E-state index in [1.807, 2.05) is 18.2 Å². The van der Waals surface area contributed by atoms with Crippen LogP contribution in [0.5, 0.6) is 0 Å². The number of hydrogen-bond acceptors (Lipinski definition) is 5. The van der Waals surface area contributed by atoms with Gasteiger partial charge in [-0.15, -0.1) is 5.10 Å². The van der Waals surface area contributed by atoms with Gasteiger partial charge in [0.25, 0.3) is 5.91 Å². The SMILES string of the molecule is O=C(CSc1n[nH]c(/C=C/c2ccc(F)cc2)n1)Nc1ccccc1C(=O)Nc1ccccc1. The smallest absolute Gasteiger partial charge is 0.257 e. The number of thioether (sulfide) groups is 1. The number of nitrogens with one attached hydrogen (secondary N) is 3. The average Bonchev–Trinajstić information content (AvgIpc) is 3.31. The van der Waals surface area contributed by atoms with Gasteiger partial charge in [0.2, 0.25) is 11.1 Å². The predicted molar refractivity (Wildman–Crippen MR) is 132 cm³/mol. The highest BCUT2D eigenvalue weighted by molar-refractivity contribution is 7.99. The van der Waals surface area contributed by atoms with Gasteiger partial charge in [-0.3, -0.25) is 14.7 Å². The number of carbonyl (C=O) groups is 2. The summed E-state index contributed by atoms with van der Waals surface area (Å²) < 4.78 is 13.0. The topological polar surface area (TPSA) is 99.8 Å². The first-order valence-electron chi connectivity index (χ1n) is 10.3. The molecule has 0 saturated heterocycles. The number of para-hydroxylation sites is 2. The van der Waals surface area contributed by atoms with E-state index in [0.717, 1.165) is 17.3 Å². The summed E-state index contributed by atoms with van der Waals surface area (Å²) in [6.45, 7) is 0. The van der Waals surface area contributed by atoms with Gasteiger partial charge in [-0.1, -0.05) is 60.3 Å². The molecule has 0 fully saturated rings. The lowest BCUT2D eigenvalue weighted by Gasteiger charge is -2.11. The number of amides is 2. The minimum absolute atomic E-state index is 0.0631. The molecule has 1 aromatic heterocycles. The van der Waals surface area contributed by atoms with Gasteiger partial charge in [0.05, 0.1) is 17.0 Å². The van der Waals surface area contributed by atoms with E-state index in [1.54, 1.807) is 60.7 Å². The molecule has 0 aliphatic rings. The van der Waals surface area contributed by atoms with E-state index in [9.17, 15) is 14.0 Å². The number of aromatic amines is 1. The van der Waals surface area contributed by atoms with Gasteiger partial charge in [-0.25, -0.2) is 9.37 Å². The normalized spacial score (nSPS) is 10.9. The molecule has 2 amide bonds. The Bertz CT molecular complexity index is 1310. The fourth-order valence-electron chi connectivity index (χ4n) is 2.97. The van der Waals surface area contributed by atoms with Crippen LogP contribution in [-0.2, 0) is 4.79 Å². The van der Waals surface area contributed by atoms with E-state index in [2.05, 4.69) is 25.8 Å². The maximum absolute atomic E-state index is 13.0. The van der Waals surface area contributed by atoms with E-state index < -0.39 is 0 Å². The van der Waals surface area contributed by atoms with E-state index in [1.165, 1.54) is 12.1 Å². The Hall–Kier alpha value is -4.24. The molecule has 9 heteroatoms. The van der Waals surface area contributed by atoms with Crippen LogP contribution in [0.1, 0.15) is 21.7 Å². The average molecular weight is 474 g/mol. The van der Waals surface area contributed by atoms with Gasteiger partial charge in [0.15, 0.2) is 0 Å². The molecule has 0 unspecified atom stereocenters. The van der Waals surface area contributed by atoms with Gasteiger partial charge in [-0.05, 0) is 48.0 Å². The maximum atomic E-state index is 13.0. The second kappa shape index (κ2) is 11.1. The predicted octanol–water partition coefficient (Wildman–Crippen LogP) is 5.10. The molecule has 0 atom stereocenters. The minimum Gasteiger partial charge on any atom is -0.325 e. The van der Waals surface area contributed by atoms with Crippen molar-refractivity contribution in [2.75, 3.05) is 16.4 Å². The Morgan fingerprint density at radius 3 is 2.44 bits per heavy atom. The second-order valence-electron chi connectivity index (χ2n) is 7.09. The van der Waals surface area contributed by atoms with Crippen molar-refractivity contribution in [2.45, 2.75) is 5.16 Å². The van der Waals surface area contributed by atoms with E-state index in [-0.39, 0.29) is 23.4 Å². The van der Waals surface area contributed by atoms with Crippen molar-refractivity contribution < 1.29 is 14.0 Å². The van der Waals surface area contributed by atoms with E-state index >= 15 is 0 Å². The molecule has 0 bridgehead atoms. The number of hydrogen-bond donors (Lipinski definition) is 3. The molecule has 34 heavy (non-hydrogen) atoms. The number of nitrogens with zero attached hydrogens (tertiary/aromatic N) is 2. The minimum atomic E-state index is -0.318. The van der Waals surface area contributed by atoms with Crippen molar-refractivity contribution in [3.8, 4) is 0 Å². The van der Waals surface area contributed by atoms with Crippen LogP contribution in [-0.4, -0.2) is 32.7 Å². The summed E-state index contributed by atoms with van der Waals surface area (Å²) >= 11 is 1.16. The first-order chi connectivity index (χ1) is 16.6. The van der Waals surface area contributed by atoms with Crippen molar-refractivity contribution in [1.29, 1.82) is 0 Å². The summed E-state index contributed by atoms with van der Waals surface area (Å²) in [5, 5.41) is 12.9. The lowest BCUT2D eigenvalue weighted by Crippen LogP contribution is -2.19. The van der Waals surface area contributed by atoms with E-state index in [4.69, 9.17) is 0 Å². The van der Waals surface area contributed by atoms with Crippen LogP contribution in [0, 0.1) is 5.82 Å². The fourth-order valence-corrected chi connectivity index (χ4v) is 3.58. The molecule has 4 aromatic rings. The lowest BCUT2D eigenvalue weighted by atomic mass is 10.1. The third-order valence-electron chi connectivity index (χ3n) is 4.60. The van der Waals surface area contributed by atoms with Crippen LogP contribution in [0.2, 0.25) is 0 Å². The standard InChI is InChI=1S/C25H20FN5O2S/c26-18-13-10-17(11-14-18)12-15-22-29-25(31-30-22)34-16-23(32)28-21-9-5-4-8-20(21)24(33)27-19-6-2-1-3-7-19/h1-15H,16H2,(H,27,33)(H,28,32)(H,29,30,31)/b15-12+. The Morgan fingerprint density at radius 2 is 1.65 bits per heavy atom. The zero-order valence-electron chi connectivity index (χ0n) is 17.9. The molecule has 3 aromatic carbocycles. The largest absolute Gasteiger partial charge is 0.325 e. The maximum Gasteiger partial charge on any atom is 0.257 e. The molecule has 0 aliphatic carbocycles. The highest BCUT2D eigenvalue weighted by Gasteiger charge is 2.14. The van der Waals surface area contributed by atoms with Crippen molar-refractivity contribution in [3.05, 3.63) is 102 Å². The van der Waals surface area contributed by atoms with Crippen molar-refractivity contribution in [1.82, 2.24) is 15.2 Å². The Morgan fingerprint density at radius 1 is 0.912 bits per heavy atom. The van der Waals surface area contributed by atoms with Gasteiger partial charge in [0, 0.05) is 5.69 Å². The molecule has 3 N–H and O–H groups in total. The molecule has 1 heterocycles. The van der Waals surface area contributed by atoms with Crippen molar-refractivity contribution in [2.24, 2.45) is 0 Å². The van der Waals surface area contributed by atoms with Crippen LogP contribution in [0.15, 0.2) is 84.0 Å². The zero-order chi connectivity index (χ0) is 23.8. The summed E-state index contributed by atoms with van der Waals surface area (Å²) in [5.74, 6) is -0.337. The monoisotopic (exact) mass is 473 g/mol. The summed E-state index contributed by atoms with van der Waals surface area (Å²) in [5.41, 5.74) is 2.26. The van der Waals surface area contributed by atoms with Crippen molar-refractivity contribution >= 4 is 47.1 Å². The molecule has 0 saturated carbocycles. The number of anilines is 2. The summed E-state index contributed by atoms with van der Waals surface area (Å²) in [7, 11) is 0. The summed E-state index contributed by atoms with van der Waals surface area (Å²) in [6.07, 6.45) is 3.49. The number of H-pyrrole nitrogens is 1. The Kier molecular flexibility index (Phi) is 7.46. The zero-order valence-corrected chi connectivity index (χ0v) is 18.7. The number of rotatable bonds is 8. The third kappa shape index (κ3) is 6.39. The highest BCUT2D eigenvalue weighted by atomic mass is 32.2. The number of carbonyl (C=O) groups excluding carboxylic acids is 2. The Labute approximate surface area is 199 Å². The molecule has 0 aliphatic heterocycles. The summed E-state index contributed by atoms with van der Waals surface area (Å²) in [4.78, 5) is 29.5. The molecular formula is C25H20FN5O2S. The van der Waals surface area contributed by atoms with Gasteiger partial charge < -0.3 is 10.6 Å². The van der Waals surface area contributed by atoms with Gasteiger partial charge in [-0.2, -0.15) is 0 Å². The number of benzene rings is 3. The van der Waals surface area contributed by atoms with Crippen molar-refractivity contribution in [3.63, 3.8) is 0 Å². The second-order valence-corrected chi connectivity index (χ2v) is 8.03. The fraction of sp³-hybridized carbons (Fsp3) is 0.0400. The summed E-state index contributed by atoms with van der Waals surface area (Å²) in [6, 6.07) is 22.0. The molecule has 0 spiro atoms. The van der Waals surface area contributed by atoms with Crippen LogP contribution >= 0.6 is 11.8 Å². The van der Waals surface area contributed by atoms with Crippen LogP contribution in [0.3, 0.4) is 0 Å². The number of halogens is 1. The first-order valence-corrected chi connectivity index (χ1v) is 11.3. The lowest BCUT2D eigenvalue weighted by molar-refractivity contribution is -0.113. The number of aromatic nitrogens is 3. The van der Waals surface area contributed by atoms with Crippen LogP contribution < -0.4 is 10.6 Å². The van der Waals surface area contributed by atoms with Gasteiger partial charge >= 0.3 is 0 Å². The van der Waals surface area contributed by atoms with Crippen LogP contribution in [0.4, 0.5) is 15.8 Å². The Balaban J connectivity index is 1.32. The van der Waals surface area contributed by atoms with E-state index in [0.29, 0.717) is 27.9 Å². The van der Waals surface area contributed by atoms with Gasteiger partial charge in [0.1, 0.15) is 11.6 Å². The molecular weight excluding hydrogens is 453 g/mol. The first kappa shape index (κ1) is 22.9. The highest BCUT2D eigenvalue weighted by Crippen LogP contribution is 2.19. The van der Waals surface area contributed by atoms with Crippen LogP contribution in [0.25, 0.3) is 12.2 Å². The molecule has 0 radical (unpaired) electrons.